The van der Waals surface area contributed by atoms with Crippen LogP contribution in [0.5, 0.6) is 0 Å². The first kappa shape index (κ1) is 18.2. The molecule has 2 N–H and O–H groups in total. The van der Waals surface area contributed by atoms with Gasteiger partial charge in [-0.3, -0.25) is 0 Å². The van der Waals surface area contributed by atoms with Crippen molar-refractivity contribution < 1.29 is 22.7 Å². The summed E-state index contributed by atoms with van der Waals surface area (Å²) in [7, 11) is 0. The summed E-state index contributed by atoms with van der Waals surface area (Å²) in [5, 5.41) is 0. The monoisotopic (exact) mass is 361 g/mol. The molecule has 1 rings (SSSR count). The van der Waals surface area contributed by atoms with E-state index in [1.165, 1.54) is 13.0 Å². The maximum atomic E-state index is 13.7. The fourth-order valence-corrected chi connectivity index (χ4v) is 1.80. The third-order valence-corrected chi connectivity index (χ3v) is 2.95. The minimum absolute atomic E-state index is 0. The van der Waals surface area contributed by atoms with Crippen molar-refractivity contribution in [3.63, 3.8) is 0 Å². The highest BCUT2D eigenvalue weighted by molar-refractivity contribution is 9.10. The molecule has 1 atom stereocenters. The maximum absolute atomic E-state index is 13.7. The highest BCUT2D eigenvalue weighted by atomic mass is 79.9. The Bertz CT molecular complexity index is 460. The first-order chi connectivity index (χ1) is 8.30. The molecule has 1 aromatic rings. The summed E-state index contributed by atoms with van der Waals surface area (Å²) < 4.78 is 44.7. The number of ether oxygens (including phenoxy) is 1. The third kappa shape index (κ3) is 4.09. The van der Waals surface area contributed by atoms with Gasteiger partial charge in [0.2, 0.25) is 0 Å². The smallest absolute Gasteiger partial charge is 0.379 e. The van der Waals surface area contributed by atoms with E-state index in [0.29, 0.717) is 0 Å². The van der Waals surface area contributed by atoms with E-state index in [4.69, 9.17) is 5.73 Å². The highest BCUT2D eigenvalue weighted by Crippen LogP contribution is 2.34. The van der Waals surface area contributed by atoms with Crippen molar-refractivity contribution in [2.75, 3.05) is 6.61 Å². The van der Waals surface area contributed by atoms with Gasteiger partial charge < -0.3 is 10.5 Å². The molecule has 19 heavy (non-hydrogen) atoms. The third-order valence-electron chi connectivity index (χ3n) is 2.23. The molecule has 0 aliphatic heterocycles. The number of hydrogen-bond donors (Lipinski definition) is 1. The van der Waals surface area contributed by atoms with Crippen LogP contribution in [0.4, 0.5) is 13.2 Å². The zero-order valence-corrected chi connectivity index (χ0v) is 12.2. The van der Waals surface area contributed by atoms with Gasteiger partial charge in [-0.25, -0.2) is 9.18 Å². The topological polar surface area (TPSA) is 52.3 Å². The molecular formula is C11H12BrClF3NO2. The minimum Gasteiger partial charge on any atom is -0.462 e. The van der Waals surface area contributed by atoms with E-state index < -0.39 is 23.8 Å². The molecule has 0 saturated heterocycles. The molecule has 0 heterocycles. The van der Waals surface area contributed by atoms with E-state index in [1.807, 2.05) is 0 Å². The van der Waals surface area contributed by atoms with Gasteiger partial charge in [0.25, 0.3) is 0 Å². The summed E-state index contributed by atoms with van der Waals surface area (Å²) in [5.41, 5.74) is 5.13. The second-order valence-electron chi connectivity index (χ2n) is 3.49. The van der Waals surface area contributed by atoms with E-state index >= 15 is 0 Å². The van der Waals surface area contributed by atoms with Gasteiger partial charge in [-0.15, -0.1) is 12.4 Å². The molecule has 0 aromatic heterocycles. The molecule has 0 spiro atoms. The van der Waals surface area contributed by atoms with Crippen LogP contribution < -0.4 is 5.73 Å². The Balaban J connectivity index is 0.00000324. The molecule has 3 nitrogen and oxygen atoms in total. The molecule has 0 aliphatic carbocycles. The van der Waals surface area contributed by atoms with Crippen molar-refractivity contribution in [1.29, 1.82) is 0 Å². The van der Waals surface area contributed by atoms with Crippen molar-refractivity contribution in [2.45, 2.75) is 18.9 Å². The molecule has 0 amide bonds. The van der Waals surface area contributed by atoms with E-state index in [1.54, 1.807) is 0 Å². The van der Waals surface area contributed by atoms with Crippen LogP contribution in [-0.2, 0) is 9.53 Å². The molecule has 0 fully saturated rings. The van der Waals surface area contributed by atoms with Crippen molar-refractivity contribution in [3.8, 4) is 0 Å². The number of benzene rings is 1. The summed E-state index contributed by atoms with van der Waals surface area (Å²) >= 11 is 2.98. The Labute approximate surface area is 122 Å². The summed E-state index contributed by atoms with van der Waals surface area (Å²) in [6.45, 7) is 1.21. The molecule has 0 saturated carbocycles. The average molecular weight is 363 g/mol. The van der Waals surface area contributed by atoms with E-state index in [-0.39, 0.29) is 29.1 Å². The number of hydrogen-bond acceptors (Lipinski definition) is 3. The van der Waals surface area contributed by atoms with E-state index in [2.05, 4.69) is 20.7 Å². The van der Waals surface area contributed by atoms with Crippen LogP contribution in [0.25, 0.3) is 0 Å². The number of nitrogens with two attached hydrogens (primary N) is 1. The predicted octanol–water partition coefficient (Wildman–Crippen LogP) is 3.21. The number of halogens is 5. The van der Waals surface area contributed by atoms with Crippen LogP contribution in [0.15, 0.2) is 22.7 Å². The summed E-state index contributed by atoms with van der Waals surface area (Å²) in [5.74, 6) is -6.37. The average Bonchev–Trinajstić information content (AvgIpc) is 2.31. The fraction of sp³-hybridized carbons (Fsp3) is 0.364. The zero-order valence-electron chi connectivity index (χ0n) is 9.83. The Morgan fingerprint density at radius 3 is 2.63 bits per heavy atom. The van der Waals surface area contributed by atoms with Crippen molar-refractivity contribution in [3.05, 3.63) is 34.1 Å². The predicted molar refractivity (Wildman–Crippen MR) is 69.9 cm³/mol. The SMILES string of the molecule is CCOC(=O)C(F)(F)[C@H](N)c1cc(F)ccc1Br.Cl. The van der Waals surface area contributed by atoms with Gasteiger partial charge in [0, 0.05) is 4.47 Å². The standard InChI is InChI=1S/C11H11BrF3NO2.ClH/c1-2-18-10(17)11(14,15)9(16)7-5-6(13)3-4-8(7)12;/h3-5,9H,2,16H2,1H3;1H/t9-;/m1./s1. The van der Waals surface area contributed by atoms with Gasteiger partial charge in [0.1, 0.15) is 11.9 Å². The van der Waals surface area contributed by atoms with Crippen molar-refractivity contribution >= 4 is 34.3 Å². The number of alkyl halides is 2. The Kier molecular flexibility index (Phi) is 6.82. The lowest BCUT2D eigenvalue weighted by molar-refractivity contribution is -0.174. The van der Waals surface area contributed by atoms with Crippen LogP contribution >= 0.6 is 28.3 Å². The van der Waals surface area contributed by atoms with Crippen LogP contribution in [0.2, 0.25) is 0 Å². The largest absolute Gasteiger partial charge is 0.462 e. The van der Waals surface area contributed by atoms with Gasteiger partial charge in [0.05, 0.1) is 6.61 Å². The molecule has 1 aromatic carbocycles. The fourth-order valence-electron chi connectivity index (χ4n) is 1.30. The zero-order chi connectivity index (χ0) is 13.9. The van der Waals surface area contributed by atoms with Gasteiger partial charge >= 0.3 is 11.9 Å². The van der Waals surface area contributed by atoms with E-state index in [9.17, 15) is 18.0 Å². The Hall–Kier alpha value is -0.790. The first-order valence-electron chi connectivity index (χ1n) is 5.06. The molecule has 0 bridgehead atoms. The van der Waals surface area contributed by atoms with Gasteiger partial charge in [-0.1, -0.05) is 15.9 Å². The quantitative estimate of drug-likeness (QED) is 0.837. The molecular weight excluding hydrogens is 350 g/mol. The van der Waals surface area contributed by atoms with Crippen LogP contribution in [-0.4, -0.2) is 18.5 Å². The van der Waals surface area contributed by atoms with E-state index in [0.717, 1.165) is 12.1 Å². The highest BCUT2D eigenvalue weighted by Gasteiger charge is 2.48. The molecule has 0 aliphatic rings. The van der Waals surface area contributed by atoms with Crippen molar-refractivity contribution in [2.24, 2.45) is 5.73 Å². The lowest BCUT2D eigenvalue weighted by atomic mass is 10.0. The van der Waals surface area contributed by atoms with Crippen LogP contribution in [0.3, 0.4) is 0 Å². The molecule has 0 unspecified atom stereocenters. The molecule has 0 radical (unpaired) electrons. The first-order valence-corrected chi connectivity index (χ1v) is 5.85. The van der Waals surface area contributed by atoms with Gasteiger partial charge in [-0.05, 0) is 30.7 Å². The minimum atomic E-state index is -3.92. The summed E-state index contributed by atoms with van der Waals surface area (Å²) in [6, 6.07) is 1.19. The van der Waals surface area contributed by atoms with Gasteiger partial charge in [0.15, 0.2) is 0 Å². The normalized spacial score (nSPS) is 12.5. The Morgan fingerprint density at radius 1 is 1.53 bits per heavy atom. The van der Waals surface area contributed by atoms with Gasteiger partial charge in [-0.2, -0.15) is 8.78 Å². The van der Waals surface area contributed by atoms with Crippen molar-refractivity contribution in [1.82, 2.24) is 0 Å². The number of carbonyl (C=O) groups excluding carboxylic acids is 1. The molecule has 8 heteroatoms. The lowest BCUT2D eigenvalue weighted by Gasteiger charge is -2.22. The summed E-state index contributed by atoms with van der Waals surface area (Å²) in [6.07, 6.45) is 0. The second-order valence-corrected chi connectivity index (χ2v) is 4.34. The van der Waals surface area contributed by atoms with Crippen LogP contribution in [0.1, 0.15) is 18.5 Å². The number of rotatable bonds is 4. The maximum Gasteiger partial charge on any atom is 0.379 e. The Morgan fingerprint density at radius 2 is 2.11 bits per heavy atom. The van der Waals surface area contributed by atoms with Crippen LogP contribution in [0, 0.1) is 5.82 Å². The lowest BCUT2D eigenvalue weighted by Crippen LogP contribution is -2.42. The molecule has 108 valence electrons. The summed E-state index contributed by atoms with van der Waals surface area (Å²) in [4.78, 5) is 11.1. The second kappa shape index (κ2) is 7.12. The number of carbonyl (C=O) groups is 1. The number of esters is 1.